The van der Waals surface area contributed by atoms with Gasteiger partial charge >= 0.3 is 5.97 Å². The topological polar surface area (TPSA) is 57.6 Å². The van der Waals surface area contributed by atoms with E-state index < -0.39 is 11.5 Å². The van der Waals surface area contributed by atoms with Gasteiger partial charge in [-0.1, -0.05) is 0 Å². The quantitative estimate of drug-likeness (QED) is 0.588. The lowest BCUT2D eigenvalue weighted by Crippen LogP contribution is -2.42. The van der Waals surface area contributed by atoms with Gasteiger partial charge in [0, 0.05) is 6.54 Å². The highest BCUT2D eigenvalue weighted by molar-refractivity contribution is 5.84. The minimum atomic E-state index is -0.883. The molecule has 0 heterocycles. The molecule has 1 N–H and O–H groups in total. The third-order valence-electron chi connectivity index (χ3n) is 2.14. The van der Waals surface area contributed by atoms with Crippen molar-refractivity contribution in [1.29, 1.82) is 0 Å². The van der Waals surface area contributed by atoms with E-state index in [0.29, 0.717) is 25.8 Å². The van der Waals surface area contributed by atoms with Crippen molar-refractivity contribution in [3.63, 3.8) is 0 Å². The summed E-state index contributed by atoms with van der Waals surface area (Å²) in [5, 5.41) is 8.74. The van der Waals surface area contributed by atoms with Gasteiger partial charge < -0.3 is 10.0 Å². The van der Waals surface area contributed by atoms with Crippen LogP contribution < -0.4 is 0 Å². The Labute approximate surface area is 64.8 Å². The summed E-state index contributed by atoms with van der Waals surface area (Å²) in [6.07, 6.45) is 1.80. The number of nitrogens with zero attached hydrogens (tertiary/aromatic N) is 1. The first kappa shape index (κ1) is 8.04. The molecule has 0 radical (unpaired) electrons. The third kappa shape index (κ3) is 1.08. The molecule has 0 aromatic rings. The van der Waals surface area contributed by atoms with Crippen LogP contribution in [-0.4, -0.2) is 34.5 Å². The maximum atomic E-state index is 10.6. The van der Waals surface area contributed by atoms with Crippen molar-refractivity contribution in [3.05, 3.63) is 0 Å². The van der Waals surface area contributed by atoms with E-state index in [0.717, 1.165) is 0 Å². The summed E-state index contributed by atoms with van der Waals surface area (Å²) in [6.45, 7) is 2.24. The highest BCUT2D eigenvalue weighted by Crippen LogP contribution is 2.40. The summed E-state index contributed by atoms with van der Waals surface area (Å²) in [6, 6.07) is 0. The standard InChI is InChI=1S/C7H11NO3/c1-2-8(5-9)7(3-4-7)6(10)11/h5H,2-4H2,1H3,(H,10,11). The van der Waals surface area contributed by atoms with E-state index >= 15 is 0 Å². The molecule has 0 aromatic carbocycles. The Morgan fingerprint density at radius 3 is 2.36 bits per heavy atom. The molecule has 0 saturated heterocycles. The van der Waals surface area contributed by atoms with Gasteiger partial charge in [0.25, 0.3) is 0 Å². The zero-order chi connectivity index (χ0) is 8.48. The average Bonchev–Trinajstić information content (AvgIpc) is 2.71. The second-order valence-electron chi connectivity index (χ2n) is 2.73. The van der Waals surface area contributed by atoms with E-state index in [-0.39, 0.29) is 0 Å². The normalized spacial score (nSPS) is 19.0. The molecular formula is C7H11NO3. The molecule has 0 aliphatic heterocycles. The van der Waals surface area contributed by atoms with Crippen LogP contribution in [0.3, 0.4) is 0 Å². The molecule has 62 valence electrons. The van der Waals surface area contributed by atoms with E-state index in [1.165, 1.54) is 4.90 Å². The van der Waals surface area contributed by atoms with Crippen molar-refractivity contribution >= 4 is 12.4 Å². The number of aliphatic carboxylic acids is 1. The molecule has 1 rings (SSSR count). The van der Waals surface area contributed by atoms with Crippen molar-refractivity contribution in [1.82, 2.24) is 4.90 Å². The molecule has 0 atom stereocenters. The predicted molar refractivity (Wildman–Crippen MR) is 38.0 cm³/mol. The lowest BCUT2D eigenvalue weighted by molar-refractivity contribution is -0.148. The van der Waals surface area contributed by atoms with Gasteiger partial charge in [0.1, 0.15) is 5.54 Å². The molecule has 1 amide bonds. The van der Waals surface area contributed by atoms with E-state index in [9.17, 15) is 9.59 Å². The van der Waals surface area contributed by atoms with Gasteiger partial charge in [-0.25, -0.2) is 4.79 Å². The van der Waals surface area contributed by atoms with E-state index in [1.807, 2.05) is 0 Å². The maximum absolute atomic E-state index is 10.6. The van der Waals surface area contributed by atoms with Crippen LogP contribution >= 0.6 is 0 Å². The van der Waals surface area contributed by atoms with Crippen LogP contribution in [0.15, 0.2) is 0 Å². The monoisotopic (exact) mass is 157 g/mol. The summed E-state index contributed by atoms with van der Waals surface area (Å²) < 4.78 is 0. The van der Waals surface area contributed by atoms with Crippen LogP contribution in [0.25, 0.3) is 0 Å². The summed E-state index contributed by atoms with van der Waals surface area (Å²) >= 11 is 0. The number of rotatable bonds is 4. The second kappa shape index (κ2) is 2.53. The molecular weight excluding hydrogens is 146 g/mol. The van der Waals surface area contributed by atoms with Gasteiger partial charge in [0.15, 0.2) is 0 Å². The molecule has 1 aliphatic carbocycles. The molecule has 0 bridgehead atoms. The Balaban J connectivity index is 2.70. The number of hydrogen-bond donors (Lipinski definition) is 1. The number of hydrogen-bond acceptors (Lipinski definition) is 2. The third-order valence-corrected chi connectivity index (χ3v) is 2.14. The summed E-state index contributed by atoms with van der Waals surface area (Å²) in [4.78, 5) is 22.4. The largest absolute Gasteiger partial charge is 0.479 e. The van der Waals surface area contributed by atoms with E-state index in [1.54, 1.807) is 6.92 Å². The Morgan fingerprint density at radius 1 is 1.73 bits per heavy atom. The van der Waals surface area contributed by atoms with E-state index in [4.69, 9.17) is 5.11 Å². The first-order chi connectivity index (χ1) is 5.17. The van der Waals surface area contributed by atoms with Crippen molar-refractivity contribution in [2.75, 3.05) is 6.54 Å². The number of carbonyl (C=O) groups excluding carboxylic acids is 1. The lowest BCUT2D eigenvalue weighted by Gasteiger charge is -2.22. The van der Waals surface area contributed by atoms with Gasteiger partial charge in [0.05, 0.1) is 0 Å². The van der Waals surface area contributed by atoms with Crippen LogP contribution in [0.4, 0.5) is 0 Å². The zero-order valence-corrected chi connectivity index (χ0v) is 6.41. The highest BCUT2D eigenvalue weighted by Gasteiger charge is 2.54. The molecule has 4 nitrogen and oxygen atoms in total. The van der Waals surface area contributed by atoms with Crippen molar-refractivity contribution in [2.24, 2.45) is 0 Å². The maximum Gasteiger partial charge on any atom is 0.329 e. The van der Waals surface area contributed by atoms with Crippen molar-refractivity contribution in [3.8, 4) is 0 Å². The Kier molecular flexibility index (Phi) is 1.85. The molecule has 0 spiro atoms. The Morgan fingerprint density at radius 2 is 2.27 bits per heavy atom. The number of carboxylic acids is 1. The average molecular weight is 157 g/mol. The second-order valence-corrected chi connectivity index (χ2v) is 2.73. The highest BCUT2D eigenvalue weighted by atomic mass is 16.4. The summed E-state index contributed by atoms with van der Waals surface area (Å²) in [5.41, 5.74) is -0.851. The minimum Gasteiger partial charge on any atom is -0.479 e. The van der Waals surface area contributed by atoms with Gasteiger partial charge in [0.2, 0.25) is 6.41 Å². The summed E-state index contributed by atoms with van der Waals surface area (Å²) in [5.74, 6) is -0.883. The van der Waals surface area contributed by atoms with Gasteiger partial charge in [-0.3, -0.25) is 4.79 Å². The fourth-order valence-corrected chi connectivity index (χ4v) is 1.22. The number of carbonyl (C=O) groups is 2. The molecule has 11 heavy (non-hydrogen) atoms. The number of amides is 1. The van der Waals surface area contributed by atoms with Crippen LogP contribution in [0.5, 0.6) is 0 Å². The van der Waals surface area contributed by atoms with Gasteiger partial charge in [-0.05, 0) is 19.8 Å². The molecule has 4 heteroatoms. The van der Waals surface area contributed by atoms with Crippen LogP contribution in [0.1, 0.15) is 19.8 Å². The number of carboxylic acid groups (broad SMARTS) is 1. The van der Waals surface area contributed by atoms with Crippen LogP contribution in [0, 0.1) is 0 Å². The number of likely N-dealkylation sites (N-methyl/N-ethyl adjacent to an activating group) is 1. The molecule has 0 unspecified atom stereocenters. The van der Waals surface area contributed by atoms with Crippen molar-refractivity contribution in [2.45, 2.75) is 25.3 Å². The fraction of sp³-hybridized carbons (Fsp3) is 0.714. The van der Waals surface area contributed by atoms with Crippen molar-refractivity contribution < 1.29 is 14.7 Å². The lowest BCUT2D eigenvalue weighted by atomic mass is 10.2. The molecule has 0 aromatic heterocycles. The molecule has 1 fully saturated rings. The van der Waals surface area contributed by atoms with E-state index in [2.05, 4.69) is 0 Å². The Bertz CT molecular complexity index is 186. The molecule has 1 saturated carbocycles. The fourth-order valence-electron chi connectivity index (χ4n) is 1.22. The SMILES string of the molecule is CCN(C=O)C1(C(=O)O)CC1. The first-order valence-corrected chi connectivity index (χ1v) is 3.63. The van der Waals surface area contributed by atoms with Gasteiger partial charge in [-0.2, -0.15) is 0 Å². The first-order valence-electron chi connectivity index (χ1n) is 3.63. The van der Waals surface area contributed by atoms with Gasteiger partial charge in [-0.15, -0.1) is 0 Å². The zero-order valence-electron chi connectivity index (χ0n) is 6.41. The predicted octanol–water partition coefficient (Wildman–Crippen LogP) is 0.0819. The Hall–Kier alpha value is -1.06. The smallest absolute Gasteiger partial charge is 0.329 e. The van der Waals surface area contributed by atoms with Crippen LogP contribution in [0.2, 0.25) is 0 Å². The minimum absolute atomic E-state index is 0.468. The molecule has 1 aliphatic rings. The van der Waals surface area contributed by atoms with Crippen LogP contribution in [-0.2, 0) is 9.59 Å². The summed E-state index contributed by atoms with van der Waals surface area (Å²) in [7, 11) is 0.